The number of hydrogen-bond acceptors (Lipinski definition) is 5. The van der Waals surface area contributed by atoms with Crippen LogP contribution in [0.4, 0.5) is 0 Å². The van der Waals surface area contributed by atoms with Gasteiger partial charge in [0.2, 0.25) is 0 Å². The van der Waals surface area contributed by atoms with E-state index in [0.717, 1.165) is 19.6 Å². The smallest absolute Gasteiger partial charge is 0.0830 e. The molecular weight excluding hydrogens is 326 g/mol. The summed E-state index contributed by atoms with van der Waals surface area (Å²) in [6.07, 6.45) is 6.00. The highest BCUT2D eigenvalue weighted by molar-refractivity contribution is 5.56. The van der Waals surface area contributed by atoms with Crippen molar-refractivity contribution in [2.24, 2.45) is 0 Å². The van der Waals surface area contributed by atoms with Crippen LogP contribution in [0.3, 0.4) is 0 Å². The van der Waals surface area contributed by atoms with Crippen LogP contribution in [0, 0.1) is 0 Å². The van der Waals surface area contributed by atoms with E-state index in [-0.39, 0.29) is 0 Å². The molecule has 1 aliphatic rings. The maximum Gasteiger partial charge on any atom is 0.0830 e. The summed E-state index contributed by atoms with van der Waals surface area (Å²) >= 11 is 0. The van der Waals surface area contributed by atoms with Gasteiger partial charge in [0.1, 0.15) is 0 Å². The molecule has 0 saturated carbocycles. The molecular formula is C20H29N5O. The van der Waals surface area contributed by atoms with Crippen molar-refractivity contribution in [3.8, 4) is 0 Å². The Morgan fingerprint density at radius 3 is 2.81 bits per heavy atom. The van der Waals surface area contributed by atoms with Gasteiger partial charge in [0.25, 0.3) is 0 Å². The van der Waals surface area contributed by atoms with E-state index in [1.54, 1.807) is 13.3 Å². The molecule has 0 aliphatic carbocycles. The van der Waals surface area contributed by atoms with E-state index in [0.29, 0.717) is 18.7 Å². The van der Waals surface area contributed by atoms with Gasteiger partial charge in [-0.2, -0.15) is 0 Å². The van der Waals surface area contributed by atoms with Gasteiger partial charge >= 0.3 is 0 Å². The minimum Gasteiger partial charge on any atom is -0.380 e. The van der Waals surface area contributed by atoms with Gasteiger partial charge in [-0.15, -0.1) is 5.10 Å². The predicted molar refractivity (Wildman–Crippen MR) is 104 cm³/mol. The predicted octanol–water partition coefficient (Wildman–Crippen LogP) is 2.31. The van der Waals surface area contributed by atoms with Gasteiger partial charge in [-0.25, -0.2) is 4.68 Å². The molecule has 0 spiro atoms. The van der Waals surface area contributed by atoms with E-state index >= 15 is 0 Å². The maximum absolute atomic E-state index is 5.32. The van der Waals surface area contributed by atoms with Crippen molar-refractivity contribution in [3.63, 3.8) is 0 Å². The van der Waals surface area contributed by atoms with Gasteiger partial charge in [0.05, 0.1) is 18.8 Å². The Kier molecular flexibility index (Phi) is 6.19. The number of aromatic nitrogens is 3. The Morgan fingerprint density at radius 2 is 2.12 bits per heavy atom. The van der Waals surface area contributed by atoms with Crippen molar-refractivity contribution in [3.05, 3.63) is 53.4 Å². The quantitative estimate of drug-likeness (QED) is 0.763. The molecule has 1 aromatic heterocycles. The lowest BCUT2D eigenvalue weighted by Gasteiger charge is -2.24. The normalized spacial score (nSPS) is 21.7. The van der Waals surface area contributed by atoms with Crippen molar-refractivity contribution in [1.82, 2.24) is 24.8 Å². The van der Waals surface area contributed by atoms with Gasteiger partial charge in [0.15, 0.2) is 0 Å². The summed E-state index contributed by atoms with van der Waals surface area (Å²) in [6.45, 7) is 5.81. The summed E-state index contributed by atoms with van der Waals surface area (Å²) in [4.78, 5) is 4.79. The third-order valence-electron chi connectivity index (χ3n) is 5.01. The fourth-order valence-electron chi connectivity index (χ4n) is 3.76. The highest BCUT2D eigenvalue weighted by atomic mass is 16.5. The zero-order chi connectivity index (χ0) is 18.5. The van der Waals surface area contributed by atoms with Crippen LogP contribution in [0.25, 0.3) is 6.08 Å². The molecule has 26 heavy (non-hydrogen) atoms. The molecule has 2 aromatic rings. The van der Waals surface area contributed by atoms with Crippen LogP contribution in [-0.4, -0.2) is 71.7 Å². The summed E-state index contributed by atoms with van der Waals surface area (Å²) in [7, 11) is 6.02. The van der Waals surface area contributed by atoms with Gasteiger partial charge in [-0.3, -0.25) is 4.90 Å². The van der Waals surface area contributed by atoms with Crippen LogP contribution in [0.1, 0.15) is 24.1 Å². The number of likely N-dealkylation sites (tertiary alicyclic amines) is 1. The van der Waals surface area contributed by atoms with Crippen molar-refractivity contribution < 1.29 is 4.74 Å². The third-order valence-corrected chi connectivity index (χ3v) is 5.01. The average Bonchev–Trinajstić information content (AvgIpc) is 3.26. The molecule has 140 valence electrons. The largest absolute Gasteiger partial charge is 0.380 e. The summed E-state index contributed by atoms with van der Waals surface area (Å²) < 4.78 is 7.32. The van der Waals surface area contributed by atoms with Crippen molar-refractivity contribution >= 4 is 6.08 Å². The van der Waals surface area contributed by atoms with Crippen LogP contribution < -0.4 is 0 Å². The molecule has 1 fully saturated rings. The molecule has 3 rings (SSSR count). The number of likely N-dealkylation sites (N-methyl/N-ethyl adjacent to an activating group) is 1. The van der Waals surface area contributed by atoms with Crippen molar-refractivity contribution in [2.45, 2.75) is 25.6 Å². The van der Waals surface area contributed by atoms with Crippen LogP contribution >= 0.6 is 0 Å². The highest BCUT2D eigenvalue weighted by Crippen LogP contribution is 2.25. The molecule has 0 N–H and O–H groups in total. The maximum atomic E-state index is 5.32. The molecule has 6 nitrogen and oxygen atoms in total. The number of methoxy groups -OCH3 is 1. The Labute approximate surface area is 156 Å². The molecule has 0 unspecified atom stereocenters. The number of benzene rings is 1. The van der Waals surface area contributed by atoms with Gasteiger partial charge in [-0.1, -0.05) is 41.1 Å². The first-order valence-corrected chi connectivity index (χ1v) is 9.07. The fourth-order valence-corrected chi connectivity index (χ4v) is 3.76. The zero-order valence-electron chi connectivity index (χ0n) is 16.2. The third kappa shape index (κ3) is 4.38. The van der Waals surface area contributed by atoms with E-state index in [1.165, 1.54) is 16.7 Å². The first-order chi connectivity index (χ1) is 12.6. The summed E-state index contributed by atoms with van der Waals surface area (Å²) in [6, 6.07) is 9.19. The van der Waals surface area contributed by atoms with E-state index < -0.39 is 0 Å². The summed E-state index contributed by atoms with van der Waals surface area (Å²) in [5.41, 5.74) is 3.82. The summed E-state index contributed by atoms with van der Waals surface area (Å²) in [5, 5.41) is 8.21. The van der Waals surface area contributed by atoms with Crippen LogP contribution in [-0.2, 0) is 11.3 Å². The second-order valence-corrected chi connectivity index (χ2v) is 7.30. The monoisotopic (exact) mass is 355 g/mol. The average molecular weight is 355 g/mol. The first kappa shape index (κ1) is 18.8. The lowest BCUT2D eigenvalue weighted by molar-refractivity contribution is 0.184. The van der Waals surface area contributed by atoms with Gasteiger partial charge in [-0.05, 0) is 32.1 Å². The highest BCUT2D eigenvalue weighted by Gasteiger charge is 2.35. The zero-order valence-corrected chi connectivity index (χ0v) is 16.2. The van der Waals surface area contributed by atoms with E-state index in [9.17, 15) is 0 Å². The second-order valence-electron chi connectivity index (χ2n) is 7.30. The molecule has 0 bridgehead atoms. The van der Waals surface area contributed by atoms with E-state index in [2.05, 4.69) is 71.5 Å². The van der Waals surface area contributed by atoms with Crippen LogP contribution in [0.2, 0.25) is 0 Å². The number of rotatable bonds is 7. The van der Waals surface area contributed by atoms with Crippen molar-refractivity contribution in [1.29, 1.82) is 0 Å². The van der Waals surface area contributed by atoms with E-state index in [1.807, 2.05) is 10.9 Å². The molecule has 1 aliphatic heterocycles. The number of hydrogen-bond donors (Lipinski definition) is 0. The Morgan fingerprint density at radius 1 is 1.31 bits per heavy atom. The molecule has 0 amide bonds. The number of ether oxygens (including phenoxy) is 1. The SMILES string of the molecule is COCc1ccccc1/C=C(\C)CN1C[C@@H](N(C)C)[C@@H](n2ccnn2)C1. The molecule has 0 radical (unpaired) electrons. The minimum atomic E-state index is 0.334. The fraction of sp³-hybridized carbons (Fsp3) is 0.500. The lowest BCUT2D eigenvalue weighted by Crippen LogP contribution is -2.36. The molecule has 1 saturated heterocycles. The standard InChI is InChI=1S/C20H29N5O/c1-16(11-17-7-5-6-8-18(17)15-26-4)12-24-13-19(23(2)3)20(14-24)25-10-9-21-22-25/h5-11,19-20H,12-15H2,1-4H3/b16-11+/t19-,20+/m1/s1. The van der Waals surface area contributed by atoms with Crippen molar-refractivity contribution in [2.75, 3.05) is 40.8 Å². The number of nitrogens with zero attached hydrogens (tertiary/aromatic N) is 5. The first-order valence-electron chi connectivity index (χ1n) is 9.07. The molecule has 2 heterocycles. The topological polar surface area (TPSA) is 46.4 Å². The van der Waals surface area contributed by atoms with E-state index in [4.69, 9.17) is 4.74 Å². The molecule has 2 atom stereocenters. The van der Waals surface area contributed by atoms with Crippen LogP contribution in [0.5, 0.6) is 0 Å². The summed E-state index contributed by atoms with van der Waals surface area (Å²) in [5.74, 6) is 0. The Balaban J connectivity index is 1.71. The Bertz CT molecular complexity index is 726. The molecule has 1 aromatic carbocycles. The minimum absolute atomic E-state index is 0.334. The Hall–Kier alpha value is -2.02. The van der Waals surface area contributed by atoms with Gasteiger partial charge < -0.3 is 9.64 Å². The second kappa shape index (κ2) is 8.58. The lowest BCUT2D eigenvalue weighted by atomic mass is 10.1. The molecule has 6 heteroatoms. The van der Waals surface area contributed by atoms with Crippen LogP contribution in [0.15, 0.2) is 42.2 Å². The van der Waals surface area contributed by atoms with Gasteiger partial charge in [0, 0.05) is 39.0 Å².